The highest BCUT2D eigenvalue weighted by molar-refractivity contribution is 7.13. The van der Waals surface area contributed by atoms with E-state index in [1.54, 1.807) is 11.3 Å². The molecule has 0 spiro atoms. The van der Waals surface area contributed by atoms with Gasteiger partial charge in [-0.3, -0.25) is 4.79 Å². The van der Waals surface area contributed by atoms with Crippen LogP contribution < -0.4 is 10.6 Å². The predicted molar refractivity (Wildman–Crippen MR) is 127 cm³/mol. The number of carbonyl (C=O) groups excluding carboxylic acids is 2. The number of ether oxygens (including phenoxy) is 1. The molecule has 2 atom stereocenters. The van der Waals surface area contributed by atoms with Gasteiger partial charge in [0.2, 0.25) is 0 Å². The first-order valence-electron chi connectivity index (χ1n) is 11.6. The Hall–Kier alpha value is -2.34. The molecular formula is C26H32N2O3S. The number of amides is 2. The quantitative estimate of drug-likeness (QED) is 0.620. The highest BCUT2D eigenvalue weighted by Crippen LogP contribution is 2.57. The molecule has 4 fully saturated rings. The largest absolute Gasteiger partial charge is 0.444 e. The molecule has 0 saturated heterocycles. The Labute approximate surface area is 193 Å². The third-order valence-electron chi connectivity index (χ3n) is 7.16. The molecule has 1 aromatic heterocycles. The highest BCUT2D eigenvalue weighted by atomic mass is 32.1. The third-order valence-corrected chi connectivity index (χ3v) is 8.08. The van der Waals surface area contributed by atoms with E-state index >= 15 is 0 Å². The highest BCUT2D eigenvalue weighted by Gasteiger charge is 2.59. The number of hydrogen-bond acceptors (Lipinski definition) is 4. The van der Waals surface area contributed by atoms with Gasteiger partial charge in [-0.1, -0.05) is 18.2 Å². The van der Waals surface area contributed by atoms with Crippen LogP contribution in [0.1, 0.15) is 69.7 Å². The lowest BCUT2D eigenvalue weighted by Gasteiger charge is -2.62. The van der Waals surface area contributed by atoms with Crippen LogP contribution in [-0.2, 0) is 4.74 Å². The number of nitrogens with one attached hydrogen (secondary N) is 2. The van der Waals surface area contributed by atoms with E-state index in [0.29, 0.717) is 17.4 Å². The van der Waals surface area contributed by atoms with Crippen molar-refractivity contribution in [2.45, 2.75) is 76.0 Å². The van der Waals surface area contributed by atoms with Crippen LogP contribution in [0.25, 0.3) is 10.4 Å². The fourth-order valence-electron chi connectivity index (χ4n) is 6.62. The van der Waals surface area contributed by atoms with Gasteiger partial charge in [0, 0.05) is 21.5 Å². The second-order valence-electron chi connectivity index (χ2n) is 11.2. The molecule has 2 unspecified atom stereocenters. The zero-order valence-corrected chi connectivity index (χ0v) is 19.9. The van der Waals surface area contributed by atoms with E-state index in [0.717, 1.165) is 37.7 Å². The summed E-state index contributed by atoms with van der Waals surface area (Å²) in [5.41, 5.74) is 0.779. The van der Waals surface area contributed by atoms with Crippen molar-refractivity contribution in [3.05, 3.63) is 47.3 Å². The average molecular weight is 453 g/mol. The lowest BCUT2D eigenvalue weighted by Crippen LogP contribution is -2.70. The third kappa shape index (κ3) is 4.29. The topological polar surface area (TPSA) is 67.4 Å². The molecule has 1 aromatic carbocycles. The number of benzene rings is 1. The Balaban J connectivity index is 1.31. The van der Waals surface area contributed by atoms with Crippen molar-refractivity contribution in [3.8, 4) is 10.4 Å². The number of hydrogen-bond donors (Lipinski definition) is 2. The van der Waals surface area contributed by atoms with Crippen molar-refractivity contribution in [2.24, 2.45) is 11.8 Å². The monoisotopic (exact) mass is 452 g/mol. The first-order chi connectivity index (χ1) is 15.1. The van der Waals surface area contributed by atoms with Gasteiger partial charge in [-0.2, -0.15) is 0 Å². The molecule has 6 heteroatoms. The molecule has 4 bridgehead atoms. The van der Waals surface area contributed by atoms with Crippen molar-refractivity contribution < 1.29 is 14.3 Å². The Kier molecular flexibility index (Phi) is 5.12. The standard InChI is InChI=1S/C26H32N2O3S/c1-24(2,3)31-23(30)28-26-14-17-11-18(15-26)13-25(12-17,16-26)27-22(29)20-8-6-19(7-9-20)21-5-4-10-32-21/h4-10,17-18H,11-16H2,1-3H3,(H,27,29)(H,28,30). The van der Waals surface area contributed by atoms with E-state index in [2.05, 4.69) is 22.1 Å². The molecule has 2 aromatic rings. The Bertz CT molecular complexity index is 993. The Morgan fingerprint density at radius 1 is 0.969 bits per heavy atom. The summed E-state index contributed by atoms with van der Waals surface area (Å²) in [7, 11) is 0. The summed E-state index contributed by atoms with van der Waals surface area (Å²) in [6.45, 7) is 5.66. The predicted octanol–water partition coefficient (Wildman–Crippen LogP) is 5.76. The van der Waals surface area contributed by atoms with E-state index in [-0.39, 0.29) is 23.1 Å². The van der Waals surface area contributed by atoms with Crippen LogP contribution in [0.15, 0.2) is 41.8 Å². The van der Waals surface area contributed by atoms with Crippen molar-refractivity contribution in [1.82, 2.24) is 10.6 Å². The minimum Gasteiger partial charge on any atom is -0.444 e. The molecular weight excluding hydrogens is 420 g/mol. The molecule has 2 N–H and O–H groups in total. The molecule has 170 valence electrons. The molecule has 0 aliphatic heterocycles. The summed E-state index contributed by atoms with van der Waals surface area (Å²) in [5, 5.41) is 8.70. The van der Waals surface area contributed by atoms with Crippen molar-refractivity contribution in [2.75, 3.05) is 0 Å². The van der Waals surface area contributed by atoms with Gasteiger partial charge >= 0.3 is 6.09 Å². The van der Waals surface area contributed by atoms with Gasteiger partial charge in [-0.05, 0) is 100 Å². The Morgan fingerprint density at radius 3 is 2.16 bits per heavy atom. The van der Waals surface area contributed by atoms with Crippen LogP contribution in [0.2, 0.25) is 0 Å². The second-order valence-corrected chi connectivity index (χ2v) is 12.1. The number of carbonyl (C=O) groups is 2. The minimum atomic E-state index is -0.520. The lowest BCUT2D eigenvalue weighted by atomic mass is 9.50. The molecule has 6 rings (SSSR count). The van der Waals surface area contributed by atoms with Crippen LogP contribution >= 0.6 is 11.3 Å². The summed E-state index contributed by atoms with van der Waals surface area (Å²) in [6, 6.07) is 12.0. The second kappa shape index (κ2) is 7.62. The summed E-state index contributed by atoms with van der Waals surface area (Å²) in [6.07, 6.45) is 5.60. The van der Waals surface area contributed by atoms with E-state index < -0.39 is 5.60 Å². The van der Waals surface area contributed by atoms with Crippen LogP contribution in [-0.4, -0.2) is 28.7 Å². The maximum Gasteiger partial charge on any atom is 0.408 e. The van der Waals surface area contributed by atoms with E-state index in [9.17, 15) is 9.59 Å². The van der Waals surface area contributed by atoms with Gasteiger partial charge in [0.05, 0.1) is 0 Å². The Morgan fingerprint density at radius 2 is 1.59 bits per heavy atom. The average Bonchev–Trinajstić information content (AvgIpc) is 3.19. The van der Waals surface area contributed by atoms with E-state index in [4.69, 9.17) is 4.74 Å². The van der Waals surface area contributed by atoms with Crippen molar-refractivity contribution in [3.63, 3.8) is 0 Å². The molecule has 2 amide bonds. The summed E-state index contributed by atoms with van der Waals surface area (Å²) < 4.78 is 5.57. The first kappa shape index (κ1) is 21.5. The fourth-order valence-corrected chi connectivity index (χ4v) is 7.35. The van der Waals surface area contributed by atoms with E-state index in [1.807, 2.05) is 51.1 Å². The van der Waals surface area contributed by atoms with Gasteiger partial charge in [-0.15, -0.1) is 11.3 Å². The normalized spacial score (nSPS) is 30.7. The van der Waals surface area contributed by atoms with Crippen molar-refractivity contribution in [1.29, 1.82) is 0 Å². The number of rotatable bonds is 4. The van der Waals surface area contributed by atoms with Crippen LogP contribution in [0.3, 0.4) is 0 Å². The zero-order chi connectivity index (χ0) is 22.6. The maximum atomic E-state index is 13.2. The smallest absolute Gasteiger partial charge is 0.408 e. The molecule has 5 nitrogen and oxygen atoms in total. The lowest BCUT2D eigenvalue weighted by molar-refractivity contribution is -0.0509. The summed E-state index contributed by atoms with van der Waals surface area (Å²) >= 11 is 1.70. The van der Waals surface area contributed by atoms with Crippen LogP contribution in [0.5, 0.6) is 0 Å². The maximum absolute atomic E-state index is 13.2. The summed E-state index contributed by atoms with van der Waals surface area (Å²) in [4.78, 5) is 27.0. The fraction of sp³-hybridized carbons (Fsp3) is 0.538. The minimum absolute atomic E-state index is 0.0166. The van der Waals surface area contributed by atoms with Gasteiger partial charge in [0.25, 0.3) is 5.91 Å². The van der Waals surface area contributed by atoms with Crippen molar-refractivity contribution >= 4 is 23.3 Å². The molecule has 32 heavy (non-hydrogen) atoms. The number of thiophene rings is 1. The molecule has 4 aliphatic rings. The molecule has 1 heterocycles. The SMILES string of the molecule is CC(C)(C)OC(=O)NC12CC3CC(C1)CC(NC(=O)c1ccc(-c4cccs4)cc1)(C3)C2. The van der Waals surface area contributed by atoms with Crippen LogP contribution in [0, 0.1) is 11.8 Å². The van der Waals surface area contributed by atoms with Gasteiger partial charge < -0.3 is 15.4 Å². The van der Waals surface area contributed by atoms with Gasteiger partial charge in [0.1, 0.15) is 5.60 Å². The first-order valence-corrected chi connectivity index (χ1v) is 12.5. The molecule has 0 radical (unpaired) electrons. The summed E-state index contributed by atoms with van der Waals surface area (Å²) in [5.74, 6) is 1.05. The van der Waals surface area contributed by atoms with Gasteiger partial charge in [-0.25, -0.2) is 4.79 Å². The molecule has 4 saturated carbocycles. The molecule has 4 aliphatic carbocycles. The zero-order valence-electron chi connectivity index (χ0n) is 19.1. The van der Waals surface area contributed by atoms with Gasteiger partial charge in [0.15, 0.2) is 0 Å². The number of alkyl carbamates (subject to hydrolysis) is 1. The van der Waals surface area contributed by atoms with E-state index in [1.165, 1.54) is 11.3 Å². The van der Waals surface area contributed by atoms with Crippen LogP contribution in [0.4, 0.5) is 4.79 Å².